The zero-order valence-corrected chi connectivity index (χ0v) is 12.0. The molecule has 102 valence electrons. The number of rotatable bonds is 5. The lowest BCUT2D eigenvalue weighted by molar-refractivity contribution is -0.136. The van der Waals surface area contributed by atoms with E-state index in [9.17, 15) is 9.59 Å². The molecule has 0 atom stereocenters. The Balaban J connectivity index is 1.84. The van der Waals surface area contributed by atoms with Crippen molar-refractivity contribution >= 4 is 40.8 Å². The van der Waals surface area contributed by atoms with E-state index in [1.54, 1.807) is 30.3 Å². The van der Waals surface area contributed by atoms with Crippen LogP contribution in [0.1, 0.15) is 15.2 Å². The lowest BCUT2D eigenvalue weighted by Gasteiger charge is -2.01. The van der Waals surface area contributed by atoms with Gasteiger partial charge in [0, 0.05) is 21.5 Å². The molecule has 0 spiro atoms. The second kappa shape index (κ2) is 7.03. The van der Waals surface area contributed by atoms with Gasteiger partial charge in [-0.15, -0.1) is 11.3 Å². The molecule has 3 nitrogen and oxygen atoms in total. The van der Waals surface area contributed by atoms with Crippen molar-refractivity contribution in [1.29, 1.82) is 0 Å². The number of ether oxygens (including phenoxy) is 1. The molecule has 0 aliphatic carbocycles. The van der Waals surface area contributed by atoms with Crippen LogP contribution in [0.4, 0.5) is 0 Å². The maximum Gasteiger partial charge on any atom is 0.331 e. The summed E-state index contributed by atoms with van der Waals surface area (Å²) in [7, 11) is 0. The summed E-state index contributed by atoms with van der Waals surface area (Å²) in [5, 5.41) is 2.46. The molecular weight excluding hydrogens is 296 g/mol. The normalized spacial score (nSPS) is 10.7. The topological polar surface area (TPSA) is 43.4 Å². The smallest absolute Gasteiger partial charge is 0.331 e. The lowest BCUT2D eigenvalue weighted by atomic mass is 10.1. The molecule has 5 heteroatoms. The Morgan fingerprint density at radius 2 is 1.95 bits per heavy atom. The first kappa shape index (κ1) is 14.5. The Morgan fingerprint density at radius 1 is 1.20 bits per heavy atom. The van der Waals surface area contributed by atoms with E-state index in [2.05, 4.69) is 0 Å². The highest BCUT2D eigenvalue weighted by Crippen LogP contribution is 2.11. The Morgan fingerprint density at radius 3 is 2.60 bits per heavy atom. The number of ketones is 1. The first-order chi connectivity index (χ1) is 9.65. The molecule has 0 aliphatic heterocycles. The third-order valence-corrected chi connectivity index (χ3v) is 3.53. The van der Waals surface area contributed by atoms with Crippen molar-refractivity contribution < 1.29 is 14.3 Å². The fourth-order valence-electron chi connectivity index (χ4n) is 1.44. The summed E-state index contributed by atoms with van der Waals surface area (Å²) in [5.74, 6) is -0.805. The van der Waals surface area contributed by atoms with Crippen LogP contribution < -0.4 is 0 Å². The first-order valence-electron chi connectivity index (χ1n) is 5.82. The molecule has 1 aromatic heterocycles. The Kier molecular flexibility index (Phi) is 5.09. The SMILES string of the molecule is O=C(/C=C/c1cccs1)OCC(=O)c1ccc(Cl)cc1. The van der Waals surface area contributed by atoms with Crippen molar-refractivity contribution in [2.45, 2.75) is 0 Å². The predicted octanol–water partition coefficient (Wildman–Crippen LogP) is 3.84. The number of Topliss-reactive ketones (excluding diaryl/α,β-unsaturated/α-hetero) is 1. The minimum atomic E-state index is -0.541. The predicted molar refractivity (Wildman–Crippen MR) is 80.1 cm³/mol. The molecule has 0 radical (unpaired) electrons. The van der Waals surface area contributed by atoms with Crippen molar-refractivity contribution in [3.63, 3.8) is 0 Å². The number of carbonyl (C=O) groups excluding carboxylic acids is 2. The molecule has 20 heavy (non-hydrogen) atoms. The molecule has 0 saturated carbocycles. The van der Waals surface area contributed by atoms with Gasteiger partial charge in [0.15, 0.2) is 12.4 Å². The summed E-state index contributed by atoms with van der Waals surface area (Å²) in [5.41, 5.74) is 0.462. The number of esters is 1. The number of hydrogen-bond acceptors (Lipinski definition) is 4. The van der Waals surface area contributed by atoms with Gasteiger partial charge < -0.3 is 4.74 Å². The molecule has 1 aromatic carbocycles. The van der Waals surface area contributed by atoms with Gasteiger partial charge in [0.25, 0.3) is 0 Å². The molecule has 2 aromatic rings. The molecule has 0 aliphatic rings. The van der Waals surface area contributed by atoms with Gasteiger partial charge in [-0.25, -0.2) is 4.79 Å². The molecule has 2 rings (SSSR count). The molecule has 0 saturated heterocycles. The maximum absolute atomic E-state index is 11.8. The summed E-state index contributed by atoms with van der Waals surface area (Å²) >= 11 is 7.24. The highest BCUT2D eigenvalue weighted by molar-refractivity contribution is 7.10. The summed E-state index contributed by atoms with van der Waals surface area (Å²) in [4.78, 5) is 24.2. The van der Waals surface area contributed by atoms with Gasteiger partial charge >= 0.3 is 5.97 Å². The second-order valence-electron chi connectivity index (χ2n) is 3.89. The van der Waals surface area contributed by atoms with Crippen molar-refractivity contribution in [3.05, 3.63) is 63.3 Å². The van der Waals surface area contributed by atoms with Crippen molar-refractivity contribution in [1.82, 2.24) is 0 Å². The van der Waals surface area contributed by atoms with E-state index in [4.69, 9.17) is 16.3 Å². The highest BCUT2D eigenvalue weighted by atomic mass is 35.5. The molecule has 0 amide bonds. The third-order valence-electron chi connectivity index (χ3n) is 2.44. The maximum atomic E-state index is 11.8. The zero-order chi connectivity index (χ0) is 14.4. The molecule has 0 fully saturated rings. The van der Waals surface area contributed by atoms with Crippen molar-refractivity contribution in [2.24, 2.45) is 0 Å². The van der Waals surface area contributed by atoms with Crippen LogP contribution in [0.5, 0.6) is 0 Å². The van der Waals surface area contributed by atoms with Gasteiger partial charge in [0.2, 0.25) is 0 Å². The molecule has 0 unspecified atom stereocenters. The second-order valence-corrected chi connectivity index (χ2v) is 5.30. The highest BCUT2D eigenvalue weighted by Gasteiger charge is 2.08. The van der Waals surface area contributed by atoms with Crippen LogP contribution in [0.25, 0.3) is 6.08 Å². The van der Waals surface area contributed by atoms with E-state index >= 15 is 0 Å². The van der Waals surface area contributed by atoms with Crippen LogP contribution in [0.3, 0.4) is 0 Å². The largest absolute Gasteiger partial charge is 0.454 e. The number of benzene rings is 1. The van der Waals surface area contributed by atoms with Crippen LogP contribution in [0.15, 0.2) is 47.9 Å². The van der Waals surface area contributed by atoms with Gasteiger partial charge in [-0.1, -0.05) is 17.7 Å². The quantitative estimate of drug-likeness (QED) is 0.479. The van der Waals surface area contributed by atoms with E-state index in [-0.39, 0.29) is 12.4 Å². The number of hydrogen-bond donors (Lipinski definition) is 0. The average Bonchev–Trinajstić information content (AvgIpc) is 2.96. The third kappa shape index (κ3) is 4.33. The van der Waals surface area contributed by atoms with E-state index < -0.39 is 5.97 Å². The lowest BCUT2D eigenvalue weighted by Crippen LogP contribution is -2.12. The van der Waals surface area contributed by atoms with Gasteiger partial charge in [-0.2, -0.15) is 0 Å². The average molecular weight is 307 g/mol. The summed E-state index contributed by atoms with van der Waals surface area (Å²) in [6.07, 6.45) is 2.96. The van der Waals surface area contributed by atoms with Gasteiger partial charge in [-0.05, 0) is 41.8 Å². The van der Waals surface area contributed by atoms with E-state index in [1.807, 2.05) is 17.5 Å². The number of carbonyl (C=O) groups is 2. The monoisotopic (exact) mass is 306 g/mol. The van der Waals surface area contributed by atoms with Crippen molar-refractivity contribution in [2.75, 3.05) is 6.61 Å². The molecule has 0 N–H and O–H groups in total. The van der Waals surface area contributed by atoms with Gasteiger partial charge in [0.05, 0.1) is 0 Å². The minimum Gasteiger partial charge on any atom is -0.454 e. The standard InChI is InChI=1S/C15H11ClO3S/c16-12-5-3-11(4-6-12)14(17)10-19-15(18)8-7-13-2-1-9-20-13/h1-9H,10H2/b8-7+. The Bertz CT molecular complexity index is 615. The Labute approximate surface area is 125 Å². The summed E-state index contributed by atoms with van der Waals surface area (Å²) in [6, 6.07) is 10.2. The van der Waals surface area contributed by atoms with Gasteiger partial charge in [0.1, 0.15) is 0 Å². The Hall–Kier alpha value is -1.91. The van der Waals surface area contributed by atoms with Crippen LogP contribution in [-0.2, 0) is 9.53 Å². The number of thiophene rings is 1. The molecule has 0 bridgehead atoms. The van der Waals surface area contributed by atoms with Gasteiger partial charge in [-0.3, -0.25) is 4.79 Å². The van der Waals surface area contributed by atoms with Crippen LogP contribution in [-0.4, -0.2) is 18.4 Å². The summed E-state index contributed by atoms with van der Waals surface area (Å²) < 4.78 is 4.88. The van der Waals surface area contributed by atoms with E-state index in [0.717, 1.165) is 4.88 Å². The fraction of sp³-hybridized carbons (Fsp3) is 0.0667. The van der Waals surface area contributed by atoms with E-state index in [0.29, 0.717) is 10.6 Å². The van der Waals surface area contributed by atoms with Crippen molar-refractivity contribution in [3.8, 4) is 0 Å². The van der Waals surface area contributed by atoms with Crippen LogP contribution in [0.2, 0.25) is 5.02 Å². The van der Waals surface area contributed by atoms with Crippen LogP contribution in [0, 0.1) is 0 Å². The first-order valence-corrected chi connectivity index (χ1v) is 7.08. The molecule has 1 heterocycles. The summed E-state index contributed by atoms with van der Waals surface area (Å²) in [6.45, 7) is -0.282. The minimum absolute atomic E-state index is 0.264. The fourth-order valence-corrected chi connectivity index (χ4v) is 2.18. The molecular formula is C15H11ClO3S. The number of halogens is 1. The zero-order valence-electron chi connectivity index (χ0n) is 10.4. The van der Waals surface area contributed by atoms with Crippen LogP contribution >= 0.6 is 22.9 Å². The van der Waals surface area contributed by atoms with E-state index in [1.165, 1.54) is 17.4 Å².